The molecule has 0 bridgehead atoms. The van der Waals surface area contributed by atoms with Gasteiger partial charge in [0, 0.05) is 12.8 Å². The predicted octanol–water partition coefficient (Wildman–Crippen LogP) is 17.5. The van der Waals surface area contributed by atoms with Crippen molar-refractivity contribution in [3.63, 3.8) is 0 Å². The average molecular weight is 903 g/mol. The Morgan fingerprint density at radius 2 is 0.734 bits per heavy atom. The lowest BCUT2D eigenvalue weighted by molar-refractivity contribution is -0.143. The van der Waals surface area contributed by atoms with Crippen molar-refractivity contribution in [3.8, 4) is 0 Å². The molecule has 0 saturated heterocycles. The molecule has 0 heterocycles. The minimum Gasteiger partial charge on any atom is -0.466 e. The summed E-state index contributed by atoms with van der Waals surface area (Å²) in [5.74, 6) is -0.0727. The summed E-state index contributed by atoms with van der Waals surface area (Å²) in [4.78, 5) is 24.5. The summed E-state index contributed by atoms with van der Waals surface area (Å²) in [5.41, 5.74) is 0. The van der Waals surface area contributed by atoms with Crippen LogP contribution in [0.1, 0.15) is 309 Å². The van der Waals surface area contributed by atoms with Crippen LogP contribution in [0.3, 0.4) is 0 Å². The number of amides is 1. The van der Waals surface area contributed by atoms with Gasteiger partial charge in [-0.3, -0.25) is 9.59 Å². The number of hydrogen-bond acceptors (Lipinski definition) is 5. The number of aliphatic hydroxyl groups is 2. The number of rotatable bonds is 53. The number of carbonyl (C=O) groups excluding carboxylic acids is 2. The fourth-order valence-electron chi connectivity index (χ4n) is 8.81. The average Bonchev–Trinajstić information content (AvgIpc) is 3.29. The molecule has 0 radical (unpaired) electrons. The lowest BCUT2D eigenvalue weighted by Gasteiger charge is -2.20. The van der Waals surface area contributed by atoms with E-state index in [9.17, 15) is 19.8 Å². The first kappa shape index (κ1) is 62.3. The molecule has 0 rings (SSSR count). The van der Waals surface area contributed by atoms with E-state index < -0.39 is 12.1 Å². The Morgan fingerprint density at radius 3 is 1.11 bits per heavy atom. The second-order valence-electron chi connectivity index (χ2n) is 19.6. The second-order valence-corrected chi connectivity index (χ2v) is 19.6. The summed E-state index contributed by atoms with van der Waals surface area (Å²) < 4.78 is 5.48. The molecular weight excluding hydrogens is 791 g/mol. The Hall–Kier alpha value is -1.66. The SMILES string of the molecule is CCCCCCCCC/C=C\CCCCCCCC(=O)OCCCCCCCCCCCCCCCCCCCCC(=O)NC(CO)C(O)/C=C/CCCCCCCCCCCCC. The van der Waals surface area contributed by atoms with Crippen LogP contribution in [-0.4, -0.2) is 47.4 Å². The van der Waals surface area contributed by atoms with E-state index in [1.54, 1.807) is 6.08 Å². The van der Waals surface area contributed by atoms with Crippen molar-refractivity contribution in [2.45, 2.75) is 321 Å². The third kappa shape index (κ3) is 49.8. The highest BCUT2D eigenvalue weighted by atomic mass is 16.5. The van der Waals surface area contributed by atoms with Gasteiger partial charge in [-0.25, -0.2) is 0 Å². The molecule has 6 nitrogen and oxygen atoms in total. The maximum atomic E-state index is 12.4. The first-order chi connectivity index (χ1) is 31.5. The molecule has 0 fully saturated rings. The van der Waals surface area contributed by atoms with Crippen LogP contribution >= 0.6 is 0 Å². The van der Waals surface area contributed by atoms with Crippen LogP contribution in [0.25, 0.3) is 0 Å². The smallest absolute Gasteiger partial charge is 0.305 e. The third-order valence-corrected chi connectivity index (χ3v) is 13.2. The molecule has 0 aliphatic rings. The Labute approximate surface area is 399 Å². The molecule has 2 unspecified atom stereocenters. The zero-order chi connectivity index (χ0) is 46.5. The number of ether oxygens (including phenoxy) is 1. The van der Waals surface area contributed by atoms with Gasteiger partial charge < -0.3 is 20.3 Å². The zero-order valence-corrected chi connectivity index (χ0v) is 43.0. The highest BCUT2D eigenvalue weighted by Crippen LogP contribution is 2.17. The van der Waals surface area contributed by atoms with Gasteiger partial charge >= 0.3 is 5.97 Å². The summed E-state index contributed by atoms with van der Waals surface area (Å²) >= 11 is 0. The Balaban J connectivity index is 3.42. The van der Waals surface area contributed by atoms with E-state index in [0.29, 0.717) is 19.4 Å². The summed E-state index contributed by atoms with van der Waals surface area (Å²) in [6, 6.07) is -0.630. The number of nitrogens with one attached hydrogen (secondary N) is 1. The van der Waals surface area contributed by atoms with E-state index in [-0.39, 0.29) is 18.5 Å². The van der Waals surface area contributed by atoms with Crippen LogP contribution in [0.15, 0.2) is 24.3 Å². The van der Waals surface area contributed by atoms with E-state index in [4.69, 9.17) is 4.74 Å². The van der Waals surface area contributed by atoms with Gasteiger partial charge in [-0.05, 0) is 57.8 Å². The predicted molar refractivity (Wildman–Crippen MR) is 278 cm³/mol. The van der Waals surface area contributed by atoms with Crippen molar-refractivity contribution in [1.82, 2.24) is 5.32 Å². The quantitative estimate of drug-likeness (QED) is 0.0321. The molecule has 0 aromatic rings. The fourth-order valence-corrected chi connectivity index (χ4v) is 8.81. The van der Waals surface area contributed by atoms with Crippen LogP contribution in [0.4, 0.5) is 0 Å². The molecule has 0 aromatic carbocycles. The van der Waals surface area contributed by atoms with Gasteiger partial charge in [-0.15, -0.1) is 0 Å². The largest absolute Gasteiger partial charge is 0.466 e. The number of carbonyl (C=O) groups is 2. The maximum Gasteiger partial charge on any atom is 0.305 e. The van der Waals surface area contributed by atoms with Gasteiger partial charge in [0.25, 0.3) is 0 Å². The van der Waals surface area contributed by atoms with Crippen molar-refractivity contribution in [2.24, 2.45) is 0 Å². The Morgan fingerprint density at radius 1 is 0.422 bits per heavy atom. The van der Waals surface area contributed by atoms with Gasteiger partial charge in [-0.1, -0.05) is 263 Å². The molecule has 1 amide bonds. The van der Waals surface area contributed by atoms with Crippen molar-refractivity contribution in [2.75, 3.05) is 13.2 Å². The third-order valence-electron chi connectivity index (χ3n) is 13.2. The highest BCUT2D eigenvalue weighted by molar-refractivity contribution is 5.76. The van der Waals surface area contributed by atoms with Gasteiger partial charge in [-0.2, -0.15) is 0 Å². The van der Waals surface area contributed by atoms with Crippen LogP contribution in [0.5, 0.6) is 0 Å². The normalized spacial score (nSPS) is 12.8. The molecule has 3 N–H and O–H groups in total. The minimum atomic E-state index is -0.846. The molecule has 6 heteroatoms. The summed E-state index contributed by atoms with van der Waals surface area (Å²) in [6.07, 6.45) is 64.8. The molecule has 0 spiro atoms. The minimum absolute atomic E-state index is 0.000868. The molecule has 0 aliphatic heterocycles. The molecule has 0 aliphatic carbocycles. The van der Waals surface area contributed by atoms with E-state index >= 15 is 0 Å². The number of unbranched alkanes of at least 4 members (excludes halogenated alkanes) is 40. The van der Waals surface area contributed by atoms with E-state index in [2.05, 4.69) is 31.3 Å². The lowest BCUT2D eigenvalue weighted by atomic mass is 10.0. The number of aliphatic hydroxyl groups excluding tert-OH is 2. The number of esters is 1. The highest BCUT2D eigenvalue weighted by Gasteiger charge is 2.18. The van der Waals surface area contributed by atoms with Gasteiger partial charge in [0.15, 0.2) is 0 Å². The van der Waals surface area contributed by atoms with E-state index in [1.165, 1.54) is 238 Å². The van der Waals surface area contributed by atoms with Gasteiger partial charge in [0.1, 0.15) is 0 Å². The first-order valence-electron chi connectivity index (χ1n) is 28.6. The van der Waals surface area contributed by atoms with Crippen molar-refractivity contribution in [3.05, 3.63) is 24.3 Å². The van der Waals surface area contributed by atoms with Crippen molar-refractivity contribution in [1.29, 1.82) is 0 Å². The molecule has 64 heavy (non-hydrogen) atoms. The summed E-state index contributed by atoms with van der Waals surface area (Å²) in [6.45, 7) is 4.89. The summed E-state index contributed by atoms with van der Waals surface area (Å²) in [7, 11) is 0. The van der Waals surface area contributed by atoms with Crippen molar-refractivity contribution < 1.29 is 24.5 Å². The number of hydrogen-bond donors (Lipinski definition) is 3. The molecule has 2 atom stereocenters. The Bertz CT molecular complexity index is 997. The van der Waals surface area contributed by atoms with Crippen LogP contribution in [0, 0.1) is 0 Å². The second kappa shape index (κ2) is 54.0. The van der Waals surface area contributed by atoms with Crippen LogP contribution in [0.2, 0.25) is 0 Å². The molecule has 0 aromatic heterocycles. The van der Waals surface area contributed by atoms with Gasteiger partial charge in [0.05, 0.1) is 25.4 Å². The fraction of sp³-hybridized carbons (Fsp3) is 0.897. The van der Waals surface area contributed by atoms with E-state index in [1.807, 2.05) is 6.08 Å². The first-order valence-corrected chi connectivity index (χ1v) is 28.6. The molecular formula is C58H111NO5. The van der Waals surface area contributed by atoms with Crippen LogP contribution in [-0.2, 0) is 14.3 Å². The van der Waals surface area contributed by atoms with Crippen LogP contribution < -0.4 is 5.32 Å². The zero-order valence-electron chi connectivity index (χ0n) is 43.0. The molecule has 0 saturated carbocycles. The van der Waals surface area contributed by atoms with E-state index in [0.717, 1.165) is 44.9 Å². The maximum absolute atomic E-state index is 12.4. The summed E-state index contributed by atoms with van der Waals surface area (Å²) in [5, 5.41) is 23.1. The van der Waals surface area contributed by atoms with Gasteiger partial charge in [0.2, 0.25) is 5.91 Å². The van der Waals surface area contributed by atoms with Crippen molar-refractivity contribution >= 4 is 11.9 Å². The lowest BCUT2D eigenvalue weighted by Crippen LogP contribution is -2.45. The molecule has 378 valence electrons. The Kier molecular flexibility index (Phi) is 52.6. The monoisotopic (exact) mass is 902 g/mol. The topological polar surface area (TPSA) is 95.9 Å². The standard InChI is InChI=1S/C58H111NO5/c1-3-5-7-9-11-13-15-17-18-24-28-32-36-40-44-48-52-58(63)64-53-49-45-41-37-33-29-25-22-20-19-21-23-27-31-35-39-43-47-51-57(62)59-55(54-60)56(61)50-46-42-38-34-30-26-16-14-12-10-8-6-4-2/h18,24,46,50,55-56,60-61H,3-17,19-23,25-45,47-49,51-54H2,1-2H3,(H,59,62)/b24-18-,50-46+. The number of allylic oxidation sites excluding steroid dienone is 3.